The third-order valence-electron chi connectivity index (χ3n) is 2.61. The second-order valence-corrected chi connectivity index (χ2v) is 8.33. The van der Waals surface area contributed by atoms with Crippen molar-refractivity contribution in [2.75, 3.05) is 0 Å². The minimum absolute atomic E-state index is 0.245. The van der Waals surface area contributed by atoms with Gasteiger partial charge >= 0.3 is 8.56 Å². The second-order valence-electron chi connectivity index (χ2n) is 5.20. The zero-order valence-electron chi connectivity index (χ0n) is 11.3. The highest BCUT2D eigenvalue weighted by Gasteiger charge is 2.35. The second kappa shape index (κ2) is 5.99. The molecule has 1 rings (SSSR count). The molecule has 94 valence electrons. The molecule has 0 aromatic rings. The molecule has 0 unspecified atom stereocenters. The summed E-state index contributed by atoms with van der Waals surface area (Å²) in [5.74, 6) is 0.796. The Morgan fingerprint density at radius 1 is 1.12 bits per heavy atom. The average Bonchev–Trinajstić information content (AvgIpc) is 2.95. The predicted octanol–water partition coefficient (Wildman–Crippen LogP) is 3.80. The molecule has 1 aliphatic rings. The van der Waals surface area contributed by atoms with Crippen molar-refractivity contribution in [3.05, 3.63) is 11.8 Å². The first-order chi connectivity index (χ1) is 7.47. The van der Waals surface area contributed by atoms with Crippen molar-refractivity contribution >= 4 is 8.56 Å². The van der Waals surface area contributed by atoms with Gasteiger partial charge in [-0.3, -0.25) is 0 Å². The first kappa shape index (κ1) is 13.9. The SMILES string of the molecule is CC[Si](C=CC1CC1)(OC(C)C)OC(C)C. The Morgan fingerprint density at radius 2 is 1.62 bits per heavy atom. The Balaban J connectivity index is 2.68. The van der Waals surface area contributed by atoms with Crippen LogP contribution < -0.4 is 0 Å². The molecule has 0 radical (unpaired) electrons. The summed E-state index contributed by atoms with van der Waals surface area (Å²) in [7, 11) is -2.10. The smallest absolute Gasteiger partial charge is 0.364 e. The fraction of sp³-hybridized carbons (Fsp3) is 0.846. The maximum absolute atomic E-state index is 6.11. The fourth-order valence-electron chi connectivity index (χ4n) is 1.76. The lowest BCUT2D eigenvalue weighted by molar-refractivity contribution is 0.114. The first-order valence-electron chi connectivity index (χ1n) is 6.52. The van der Waals surface area contributed by atoms with E-state index in [1.54, 1.807) is 0 Å². The molecule has 0 atom stereocenters. The van der Waals surface area contributed by atoms with Crippen molar-refractivity contribution < 1.29 is 8.85 Å². The summed E-state index contributed by atoms with van der Waals surface area (Å²) >= 11 is 0. The van der Waals surface area contributed by atoms with E-state index < -0.39 is 8.56 Å². The van der Waals surface area contributed by atoms with Gasteiger partial charge in [-0.1, -0.05) is 13.0 Å². The van der Waals surface area contributed by atoms with E-state index in [1.807, 2.05) is 0 Å². The molecule has 2 nitrogen and oxygen atoms in total. The van der Waals surface area contributed by atoms with Crippen molar-refractivity contribution in [2.24, 2.45) is 5.92 Å². The zero-order chi connectivity index (χ0) is 12.2. The lowest BCUT2D eigenvalue weighted by Gasteiger charge is -2.30. The van der Waals surface area contributed by atoms with Crippen LogP contribution in [0.3, 0.4) is 0 Å². The van der Waals surface area contributed by atoms with Crippen LogP contribution in [0.4, 0.5) is 0 Å². The van der Waals surface area contributed by atoms with Gasteiger partial charge in [0.15, 0.2) is 0 Å². The molecule has 16 heavy (non-hydrogen) atoms. The van der Waals surface area contributed by atoms with Crippen molar-refractivity contribution in [1.82, 2.24) is 0 Å². The molecule has 3 heteroatoms. The van der Waals surface area contributed by atoms with Gasteiger partial charge in [0.25, 0.3) is 0 Å². The molecule has 0 heterocycles. The van der Waals surface area contributed by atoms with Crippen LogP contribution >= 0.6 is 0 Å². The van der Waals surface area contributed by atoms with Crippen molar-refractivity contribution in [2.45, 2.75) is 65.7 Å². The number of hydrogen-bond donors (Lipinski definition) is 0. The Morgan fingerprint density at radius 3 is 1.94 bits per heavy atom. The highest BCUT2D eigenvalue weighted by molar-refractivity contribution is 6.72. The minimum atomic E-state index is -2.10. The summed E-state index contributed by atoms with van der Waals surface area (Å²) in [6, 6.07) is 0.993. The quantitative estimate of drug-likeness (QED) is 0.632. The maximum atomic E-state index is 6.11. The third-order valence-corrected chi connectivity index (χ3v) is 6.03. The van der Waals surface area contributed by atoms with Gasteiger partial charge < -0.3 is 8.85 Å². The van der Waals surface area contributed by atoms with E-state index in [2.05, 4.69) is 46.4 Å². The summed E-state index contributed by atoms with van der Waals surface area (Å²) in [5.41, 5.74) is 2.27. The lowest BCUT2D eigenvalue weighted by Crippen LogP contribution is -2.44. The van der Waals surface area contributed by atoms with Crippen LogP contribution in [0.5, 0.6) is 0 Å². The standard InChI is InChI=1S/C13H26O2Si/c1-6-16(14-11(2)3,15-12(4)5)10-9-13-7-8-13/h9-13H,6-8H2,1-5H3. The molecule has 1 aliphatic carbocycles. The van der Waals surface area contributed by atoms with Gasteiger partial charge in [-0.2, -0.15) is 0 Å². The summed E-state index contributed by atoms with van der Waals surface area (Å²) < 4.78 is 12.2. The Bertz CT molecular complexity index is 222. The van der Waals surface area contributed by atoms with Crippen LogP contribution in [0.2, 0.25) is 6.04 Å². The molecule has 0 bridgehead atoms. The summed E-state index contributed by atoms with van der Waals surface area (Å²) in [4.78, 5) is 0. The van der Waals surface area contributed by atoms with Crippen molar-refractivity contribution in [3.63, 3.8) is 0 Å². The molecule has 0 aliphatic heterocycles. The molecular weight excluding hydrogens is 216 g/mol. The van der Waals surface area contributed by atoms with E-state index in [0.29, 0.717) is 0 Å². The van der Waals surface area contributed by atoms with Crippen molar-refractivity contribution in [1.29, 1.82) is 0 Å². The van der Waals surface area contributed by atoms with Crippen molar-refractivity contribution in [3.8, 4) is 0 Å². The first-order valence-corrected chi connectivity index (χ1v) is 8.62. The van der Waals surface area contributed by atoms with Crippen LogP contribution in [-0.4, -0.2) is 20.8 Å². The molecule has 0 N–H and O–H groups in total. The molecule has 0 aromatic carbocycles. The molecule has 0 saturated heterocycles. The van der Waals surface area contributed by atoms with Gasteiger partial charge in [-0.05, 0) is 58.2 Å². The normalized spacial score (nSPS) is 17.9. The van der Waals surface area contributed by atoms with E-state index in [0.717, 1.165) is 12.0 Å². The average molecular weight is 242 g/mol. The largest absolute Gasteiger partial charge is 0.389 e. The lowest BCUT2D eigenvalue weighted by atomic mass is 10.4. The van der Waals surface area contributed by atoms with Crippen LogP contribution in [0.25, 0.3) is 0 Å². The Hall–Kier alpha value is -0.123. The van der Waals surface area contributed by atoms with Gasteiger partial charge in [0.05, 0.1) is 0 Å². The fourth-order valence-corrected chi connectivity index (χ4v) is 4.70. The van der Waals surface area contributed by atoms with E-state index in [9.17, 15) is 0 Å². The third kappa shape index (κ3) is 4.81. The maximum Gasteiger partial charge on any atom is 0.364 e. The molecule has 1 saturated carbocycles. The van der Waals surface area contributed by atoms with Gasteiger partial charge in [0.2, 0.25) is 0 Å². The van der Waals surface area contributed by atoms with E-state index in [4.69, 9.17) is 8.85 Å². The molecule has 0 aromatic heterocycles. The number of allylic oxidation sites excluding steroid dienone is 1. The topological polar surface area (TPSA) is 18.5 Å². The number of hydrogen-bond acceptors (Lipinski definition) is 2. The molecule has 0 amide bonds. The summed E-state index contributed by atoms with van der Waals surface area (Å²) in [5, 5.41) is 0. The van der Waals surface area contributed by atoms with Crippen LogP contribution in [-0.2, 0) is 8.85 Å². The summed E-state index contributed by atoms with van der Waals surface area (Å²) in [6.45, 7) is 10.5. The van der Waals surface area contributed by atoms with E-state index >= 15 is 0 Å². The molecule has 1 fully saturated rings. The van der Waals surface area contributed by atoms with Crippen LogP contribution in [0, 0.1) is 5.92 Å². The molecular formula is C13H26O2Si. The highest BCUT2D eigenvalue weighted by Crippen LogP contribution is 2.31. The number of rotatable bonds is 7. The van der Waals surface area contributed by atoms with Gasteiger partial charge in [-0.15, -0.1) is 0 Å². The van der Waals surface area contributed by atoms with Gasteiger partial charge in [0.1, 0.15) is 0 Å². The monoisotopic (exact) mass is 242 g/mol. The van der Waals surface area contributed by atoms with E-state index in [-0.39, 0.29) is 12.2 Å². The predicted molar refractivity (Wildman–Crippen MR) is 70.5 cm³/mol. The van der Waals surface area contributed by atoms with Crippen LogP contribution in [0.15, 0.2) is 11.8 Å². The van der Waals surface area contributed by atoms with Gasteiger partial charge in [0, 0.05) is 12.2 Å². The Labute approximate surface area is 101 Å². The minimum Gasteiger partial charge on any atom is -0.389 e. The molecule has 0 spiro atoms. The highest BCUT2D eigenvalue weighted by atomic mass is 28.4. The van der Waals surface area contributed by atoms with E-state index in [1.165, 1.54) is 12.8 Å². The Kier molecular flexibility index (Phi) is 5.22. The van der Waals surface area contributed by atoms with Gasteiger partial charge in [-0.25, -0.2) is 0 Å². The summed E-state index contributed by atoms with van der Waals surface area (Å²) in [6.07, 6.45) is 5.49. The zero-order valence-corrected chi connectivity index (χ0v) is 12.3. The van der Waals surface area contributed by atoms with Crippen LogP contribution in [0.1, 0.15) is 47.5 Å².